The zero-order valence-electron chi connectivity index (χ0n) is 16.2. The molecule has 3 rings (SSSR count). The number of hydrogen-bond acceptors (Lipinski definition) is 5. The Labute approximate surface area is 175 Å². The molecule has 0 saturated heterocycles. The fourth-order valence-electron chi connectivity index (χ4n) is 2.81. The van der Waals surface area contributed by atoms with Crippen molar-refractivity contribution in [2.75, 3.05) is 18.6 Å². The molecule has 3 aromatic rings. The standard InChI is InChI=1S/C21H19F3N2O3S/c1-13-9-16(7-8-18(13)29-12-19(27)28)26(2)11-17-10-25-20(30-17)14-3-5-15(6-4-14)21(22,23)24/h3-10H,11-12H2,1-2H3,(H,27,28). The van der Waals surface area contributed by atoms with E-state index in [2.05, 4.69) is 4.98 Å². The Morgan fingerprint density at radius 1 is 1.20 bits per heavy atom. The lowest BCUT2D eigenvalue weighted by molar-refractivity contribution is -0.139. The molecule has 0 fully saturated rings. The first kappa shape index (κ1) is 21.6. The highest BCUT2D eigenvalue weighted by Gasteiger charge is 2.30. The van der Waals surface area contributed by atoms with Crippen LogP contribution < -0.4 is 9.64 Å². The Morgan fingerprint density at radius 3 is 2.50 bits per heavy atom. The van der Waals surface area contributed by atoms with Crippen LogP contribution in [-0.2, 0) is 17.5 Å². The number of carbonyl (C=O) groups is 1. The predicted molar refractivity (Wildman–Crippen MR) is 109 cm³/mol. The van der Waals surface area contributed by atoms with Gasteiger partial charge in [0.2, 0.25) is 0 Å². The summed E-state index contributed by atoms with van der Waals surface area (Å²) in [6.07, 6.45) is -2.65. The van der Waals surface area contributed by atoms with E-state index in [1.807, 2.05) is 31.0 Å². The molecule has 0 unspecified atom stereocenters. The highest BCUT2D eigenvalue weighted by atomic mass is 32.1. The van der Waals surface area contributed by atoms with Gasteiger partial charge in [0.15, 0.2) is 6.61 Å². The van der Waals surface area contributed by atoms with Crippen molar-refractivity contribution in [2.45, 2.75) is 19.6 Å². The fraction of sp³-hybridized carbons (Fsp3) is 0.238. The summed E-state index contributed by atoms with van der Waals surface area (Å²) in [6, 6.07) is 10.4. The zero-order chi connectivity index (χ0) is 21.9. The molecule has 5 nitrogen and oxygen atoms in total. The molecule has 30 heavy (non-hydrogen) atoms. The van der Waals surface area contributed by atoms with E-state index < -0.39 is 24.3 Å². The number of carboxylic acids is 1. The summed E-state index contributed by atoms with van der Waals surface area (Å²) >= 11 is 1.42. The van der Waals surface area contributed by atoms with E-state index in [0.717, 1.165) is 28.3 Å². The van der Waals surface area contributed by atoms with E-state index in [4.69, 9.17) is 9.84 Å². The highest BCUT2D eigenvalue weighted by molar-refractivity contribution is 7.15. The van der Waals surface area contributed by atoms with Gasteiger partial charge in [0, 0.05) is 29.4 Å². The third-order valence-electron chi connectivity index (χ3n) is 4.36. The van der Waals surface area contributed by atoms with Crippen molar-refractivity contribution in [3.63, 3.8) is 0 Å². The minimum Gasteiger partial charge on any atom is -0.482 e. The number of nitrogens with zero attached hydrogens (tertiary/aromatic N) is 2. The van der Waals surface area contributed by atoms with Gasteiger partial charge in [0.25, 0.3) is 0 Å². The summed E-state index contributed by atoms with van der Waals surface area (Å²) in [5.74, 6) is -0.526. The number of rotatable bonds is 7. The molecule has 158 valence electrons. The second-order valence-electron chi connectivity index (χ2n) is 6.70. The van der Waals surface area contributed by atoms with Gasteiger partial charge < -0.3 is 14.7 Å². The number of aliphatic carboxylic acids is 1. The minimum absolute atomic E-state index is 0.399. The van der Waals surface area contributed by atoms with E-state index in [0.29, 0.717) is 22.9 Å². The van der Waals surface area contributed by atoms with Gasteiger partial charge >= 0.3 is 12.1 Å². The normalized spacial score (nSPS) is 11.4. The number of anilines is 1. The van der Waals surface area contributed by atoms with Gasteiger partial charge in [0.05, 0.1) is 12.1 Å². The molecule has 0 atom stereocenters. The summed E-state index contributed by atoms with van der Waals surface area (Å²) in [5.41, 5.74) is 1.68. The molecule has 1 aromatic heterocycles. The zero-order valence-corrected chi connectivity index (χ0v) is 17.0. The average Bonchev–Trinajstić information content (AvgIpc) is 3.14. The number of benzene rings is 2. The van der Waals surface area contributed by atoms with E-state index in [1.165, 1.54) is 23.5 Å². The van der Waals surface area contributed by atoms with Crippen LogP contribution in [0, 0.1) is 6.92 Å². The largest absolute Gasteiger partial charge is 0.482 e. The van der Waals surface area contributed by atoms with Crippen LogP contribution in [0.2, 0.25) is 0 Å². The smallest absolute Gasteiger partial charge is 0.416 e. The first-order valence-electron chi connectivity index (χ1n) is 8.92. The first-order chi connectivity index (χ1) is 14.1. The second-order valence-corrected chi connectivity index (χ2v) is 7.81. The molecule has 0 aliphatic rings. The maximum atomic E-state index is 12.7. The molecule has 1 N–H and O–H groups in total. The topological polar surface area (TPSA) is 62.7 Å². The van der Waals surface area contributed by atoms with Crippen molar-refractivity contribution < 1.29 is 27.8 Å². The first-order valence-corrected chi connectivity index (χ1v) is 9.74. The molecule has 0 bridgehead atoms. The summed E-state index contributed by atoms with van der Waals surface area (Å²) in [7, 11) is 1.91. The van der Waals surface area contributed by atoms with Gasteiger partial charge in [-0.3, -0.25) is 0 Å². The van der Waals surface area contributed by atoms with Crippen molar-refractivity contribution >= 4 is 23.0 Å². The summed E-state index contributed by atoms with van der Waals surface area (Å²) in [4.78, 5) is 17.9. The molecule has 0 aliphatic heterocycles. The number of ether oxygens (including phenoxy) is 1. The van der Waals surface area contributed by atoms with Gasteiger partial charge in [-0.1, -0.05) is 12.1 Å². The number of aromatic nitrogens is 1. The van der Waals surface area contributed by atoms with Crippen LogP contribution in [0.15, 0.2) is 48.7 Å². The van der Waals surface area contributed by atoms with Crippen molar-refractivity contribution in [1.82, 2.24) is 4.98 Å². The Hall–Kier alpha value is -3.07. The molecular weight excluding hydrogens is 417 g/mol. The fourth-order valence-corrected chi connectivity index (χ4v) is 3.78. The van der Waals surface area contributed by atoms with Crippen LogP contribution in [0.5, 0.6) is 5.75 Å². The second kappa shape index (κ2) is 8.74. The van der Waals surface area contributed by atoms with Crippen molar-refractivity contribution in [1.29, 1.82) is 0 Å². The molecule has 1 heterocycles. The molecule has 0 radical (unpaired) electrons. The van der Waals surface area contributed by atoms with Gasteiger partial charge in [-0.15, -0.1) is 11.3 Å². The average molecular weight is 436 g/mol. The van der Waals surface area contributed by atoms with Gasteiger partial charge in [-0.05, 0) is 42.8 Å². The Bertz CT molecular complexity index is 1030. The minimum atomic E-state index is -4.36. The maximum Gasteiger partial charge on any atom is 0.416 e. The van der Waals surface area contributed by atoms with Crippen LogP contribution in [0.1, 0.15) is 16.0 Å². The Kier molecular flexibility index (Phi) is 6.31. The number of hydrogen-bond donors (Lipinski definition) is 1. The highest BCUT2D eigenvalue weighted by Crippen LogP contribution is 2.33. The molecule has 0 spiro atoms. The van der Waals surface area contributed by atoms with E-state index in [-0.39, 0.29) is 0 Å². The molecule has 0 saturated carbocycles. The van der Waals surface area contributed by atoms with Crippen LogP contribution in [0.25, 0.3) is 10.6 Å². The third kappa shape index (κ3) is 5.29. The Morgan fingerprint density at radius 2 is 1.90 bits per heavy atom. The van der Waals surface area contributed by atoms with Crippen molar-refractivity contribution in [2.24, 2.45) is 0 Å². The summed E-state index contributed by atoms with van der Waals surface area (Å²) < 4.78 is 43.4. The van der Waals surface area contributed by atoms with Gasteiger partial charge in [-0.25, -0.2) is 9.78 Å². The lowest BCUT2D eigenvalue weighted by atomic mass is 10.1. The monoisotopic (exact) mass is 436 g/mol. The SMILES string of the molecule is Cc1cc(N(C)Cc2cnc(-c3ccc(C(F)(F)F)cc3)s2)ccc1OCC(=O)O. The summed E-state index contributed by atoms with van der Waals surface area (Å²) in [5, 5.41) is 9.37. The number of aryl methyl sites for hydroxylation is 1. The molecule has 0 amide bonds. The lowest BCUT2D eigenvalue weighted by Gasteiger charge is -2.19. The Balaban J connectivity index is 1.68. The van der Waals surface area contributed by atoms with Crippen molar-refractivity contribution in [3.8, 4) is 16.3 Å². The number of thiazole rings is 1. The van der Waals surface area contributed by atoms with Crippen LogP contribution in [-0.4, -0.2) is 29.7 Å². The lowest BCUT2D eigenvalue weighted by Crippen LogP contribution is -2.16. The van der Waals surface area contributed by atoms with E-state index >= 15 is 0 Å². The third-order valence-corrected chi connectivity index (χ3v) is 5.39. The molecular formula is C21H19F3N2O3S. The van der Waals surface area contributed by atoms with Crippen LogP contribution >= 0.6 is 11.3 Å². The maximum absolute atomic E-state index is 12.7. The number of halogens is 3. The number of carboxylic acid groups (broad SMARTS) is 1. The molecule has 0 aliphatic carbocycles. The van der Waals surface area contributed by atoms with Crippen LogP contribution in [0.3, 0.4) is 0 Å². The van der Waals surface area contributed by atoms with E-state index in [9.17, 15) is 18.0 Å². The number of alkyl halides is 3. The van der Waals surface area contributed by atoms with Crippen molar-refractivity contribution in [3.05, 3.63) is 64.7 Å². The van der Waals surface area contributed by atoms with E-state index in [1.54, 1.807) is 12.3 Å². The molecule has 2 aromatic carbocycles. The predicted octanol–water partition coefficient (Wildman–Crippen LogP) is 5.24. The van der Waals surface area contributed by atoms with Gasteiger partial charge in [-0.2, -0.15) is 13.2 Å². The quantitative estimate of drug-likeness (QED) is 0.549. The molecule has 9 heteroatoms. The van der Waals surface area contributed by atoms with Crippen LogP contribution in [0.4, 0.5) is 18.9 Å². The summed E-state index contributed by atoms with van der Waals surface area (Å²) in [6.45, 7) is 2.00. The van der Waals surface area contributed by atoms with Gasteiger partial charge in [0.1, 0.15) is 10.8 Å².